The van der Waals surface area contributed by atoms with Crippen LogP contribution in [0.15, 0.2) is 72.9 Å². The number of amides is 1. The van der Waals surface area contributed by atoms with Crippen molar-refractivity contribution < 1.29 is 19.6 Å². The van der Waals surface area contributed by atoms with E-state index in [0.29, 0.717) is 24.1 Å². The van der Waals surface area contributed by atoms with Crippen molar-refractivity contribution >= 4 is 13.2 Å². The predicted molar refractivity (Wildman–Crippen MR) is 144 cm³/mol. The van der Waals surface area contributed by atoms with Crippen LogP contribution in [0.25, 0.3) is 0 Å². The van der Waals surface area contributed by atoms with Gasteiger partial charge >= 0.3 is 13.2 Å². The molecule has 3 atom stereocenters. The fourth-order valence-corrected chi connectivity index (χ4v) is 4.33. The number of benzene rings is 2. The van der Waals surface area contributed by atoms with Crippen LogP contribution in [-0.4, -0.2) is 40.8 Å². The highest BCUT2D eigenvalue weighted by Gasteiger charge is 2.26. The second-order valence-corrected chi connectivity index (χ2v) is 9.12. The van der Waals surface area contributed by atoms with Crippen LogP contribution in [0.1, 0.15) is 47.2 Å². The Labute approximate surface area is 223 Å². The van der Waals surface area contributed by atoms with Gasteiger partial charge in [0, 0.05) is 12.6 Å². The zero-order valence-electron chi connectivity index (χ0n) is 21.3. The molecule has 3 aromatic rings. The smallest absolute Gasteiger partial charge is 0.449 e. The maximum absolute atomic E-state index is 12.3. The molecule has 1 heterocycles. The molecule has 3 N–H and O–H groups in total. The maximum atomic E-state index is 12.3. The molecule has 0 aliphatic heterocycles. The number of ether oxygens (including phenoxy) is 1. The van der Waals surface area contributed by atoms with E-state index in [9.17, 15) is 20.1 Å². The SMILES string of the molecule is CCC(Cc1cccc(CCOC(=O)N[C@@H](Cc2ccccc2)B(O)O)c1)C(C#N)c1ccc(C#N)cn1. The number of pyridine rings is 1. The minimum absolute atomic E-state index is 0.0455. The number of nitrogens with one attached hydrogen (secondary N) is 1. The molecule has 0 aliphatic rings. The summed E-state index contributed by atoms with van der Waals surface area (Å²) >= 11 is 0. The molecule has 1 amide bonds. The summed E-state index contributed by atoms with van der Waals surface area (Å²) in [4.78, 5) is 16.6. The molecule has 0 aliphatic carbocycles. The van der Waals surface area contributed by atoms with E-state index in [1.165, 1.54) is 6.20 Å². The number of carbonyl (C=O) groups excluding carboxylic acids is 1. The van der Waals surface area contributed by atoms with Crippen LogP contribution in [0.3, 0.4) is 0 Å². The molecule has 0 bridgehead atoms. The van der Waals surface area contributed by atoms with E-state index in [1.54, 1.807) is 12.1 Å². The summed E-state index contributed by atoms with van der Waals surface area (Å²) in [6.07, 6.45) is 3.00. The third kappa shape index (κ3) is 8.45. The molecule has 9 heteroatoms. The molecule has 0 radical (unpaired) electrons. The summed E-state index contributed by atoms with van der Waals surface area (Å²) in [5.41, 5.74) is 4.03. The molecule has 2 aromatic carbocycles. The predicted octanol–water partition coefficient (Wildman–Crippen LogP) is 3.72. The Morgan fingerprint density at radius 2 is 1.76 bits per heavy atom. The summed E-state index contributed by atoms with van der Waals surface area (Å²) in [6.45, 7) is 2.17. The van der Waals surface area contributed by atoms with Gasteiger partial charge < -0.3 is 20.1 Å². The highest BCUT2D eigenvalue weighted by Crippen LogP contribution is 2.29. The topological polar surface area (TPSA) is 139 Å². The molecule has 194 valence electrons. The largest absolute Gasteiger partial charge is 0.475 e. The number of carbonyl (C=O) groups is 1. The number of alkyl carbamates (subject to hydrolysis) is 1. The summed E-state index contributed by atoms with van der Waals surface area (Å²) in [5, 5.41) is 40.7. The molecular formula is C29H31BN4O4. The standard InChI is InChI=1S/C29H31BN4O4/c1-2-25(26(19-32)27-12-11-24(18-31)20-33-27)16-23-10-6-9-22(15-23)13-14-38-29(35)34-28(30(36)37)17-21-7-4-3-5-8-21/h3-12,15,20,25-26,28,36-37H,2,13-14,16-17H2,1H3,(H,34,35)/t25?,26?,28-/m0/s1. The van der Waals surface area contributed by atoms with Crippen LogP contribution in [0, 0.1) is 28.6 Å². The molecular weight excluding hydrogens is 479 g/mol. The molecule has 3 rings (SSSR count). The van der Waals surface area contributed by atoms with E-state index in [0.717, 1.165) is 23.1 Å². The number of rotatable bonds is 12. The van der Waals surface area contributed by atoms with Gasteiger partial charge in [0.1, 0.15) is 6.07 Å². The molecule has 38 heavy (non-hydrogen) atoms. The van der Waals surface area contributed by atoms with Crippen molar-refractivity contribution in [3.63, 3.8) is 0 Å². The average molecular weight is 510 g/mol. The van der Waals surface area contributed by atoms with Gasteiger partial charge in [-0.2, -0.15) is 10.5 Å². The second-order valence-electron chi connectivity index (χ2n) is 9.12. The summed E-state index contributed by atoms with van der Waals surface area (Å²) < 4.78 is 5.29. The second kappa shape index (κ2) is 14.5. The van der Waals surface area contributed by atoms with E-state index in [-0.39, 0.29) is 18.9 Å². The Bertz CT molecular complexity index is 1260. The first-order chi connectivity index (χ1) is 18.4. The summed E-state index contributed by atoms with van der Waals surface area (Å²) in [7, 11) is -1.72. The van der Waals surface area contributed by atoms with Crippen molar-refractivity contribution in [2.75, 3.05) is 6.61 Å². The quantitative estimate of drug-likeness (QED) is 0.316. The van der Waals surface area contributed by atoms with Gasteiger partial charge in [-0.05, 0) is 47.6 Å². The van der Waals surface area contributed by atoms with Crippen molar-refractivity contribution in [3.8, 4) is 12.1 Å². The van der Waals surface area contributed by atoms with Crippen molar-refractivity contribution in [2.24, 2.45) is 5.92 Å². The highest BCUT2D eigenvalue weighted by atomic mass is 16.5. The third-order valence-electron chi connectivity index (χ3n) is 6.44. The molecule has 0 spiro atoms. The van der Waals surface area contributed by atoms with Gasteiger partial charge in [-0.3, -0.25) is 4.98 Å². The zero-order chi connectivity index (χ0) is 27.3. The molecule has 1 aromatic heterocycles. The first-order valence-electron chi connectivity index (χ1n) is 12.6. The average Bonchev–Trinajstić information content (AvgIpc) is 2.93. The Kier molecular flexibility index (Phi) is 10.9. The Hall–Kier alpha value is -4.18. The third-order valence-corrected chi connectivity index (χ3v) is 6.44. The van der Waals surface area contributed by atoms with Gasteiger partial charge in [-0.1, -0.05) is 67.9 Å². The Morgan fingerprint density at radius 3 is 2.39 bits per heavy atom. The monoisotopic (exact) mass is 510 g/mol. The molecule has 0 fully saturated rings. The van der Waals surface area contributed by atoms with E-state index in [4.69, 9.17) is 10.00 Å². The van der Waals surface area contributed by atoms with E-state index < -0.39 is 25.1 Å². The summed E-state index contributed by atoms with van der Waals surface area (Å²) in [5.74, 6) is -1.24. The van der Waals surface area contributed by atoms with Gasteiger partial charge in [0.15, 0.2) is 0 Å². The fraction of sp³-hybridized carbons (Fsp3) is 0.310. The minimum Gasteiger partial charge on any atom is -0.449 e. The van der Waals surface area contributed by atoms with Crippen molar-refractivity contribution in [2.45, 2.75) is 44.5 Å². The first-order valence-corrected chi connectivity index (χ1v) is 12.6. The molecule has 2 unspecified atom stereocenters. The minimum atomic E-state index is -1.72. The van der Waals surface area contributed by atoms with Crippen LogP contribution >= 0.6 is 0 Å². The lowest BCUT2D eigenvalue weighted by Gasteiger charge is -2.21. The normalized spacial score (nSPS) is 12.9. The highest BCUT2D eigenvalue weighted by molar-refractivity contribution is 6.43. The van der Waals surface area contributed by atoms with Gasteiger partial charge in [-0.25, -0.2) is 4.79 Å². The van der Waals surface area contributed by atoms with Crippen LogP contribution in [0.5, 0.6) is 0 Å². The van der Waals surface area contributed by atoms with Crippen molar-refractivity contribution in [3.05, 3.63) is 101 Å². The van der Waals surface area contributed by atoms with Crippen LogP contribution in [0.2, 0.25) is 0 Å². The lowest BCUT2D eigenvalue weighted by Crippen LogP contribution is -2.48. The van der Waals surface area contributed by atoms with E-state index in [2.05, 4.69) is 16.4 Å². The lowest BCUT2D eigenvalue weighted by molar-refractivity contribution is 0.144. The van der Waals surface area contributed by atoms with Crippen LogP contribution in [0.4, 0.5) is 4.79 Å². The Morgan fingerprint density at radius 1 is 1.03 bits per heavy atom. The van der Waals surface area contributed by atoms with E-state index >= 15 is 0 Å². The van der Waals surface area contributed by atoms with Crippen molar-refractivity contribution in [1.29, 1.82) is 10.5 Å². The van der Waals surface area contributed by atoms with Gasteiger partial charge in [0.05, 0.1) is 35.8 Å². The van der Waals surface area contributed by atoms with Gasteiger partial charge in [-0.15, -0.1) is 0 Å². The number of nitriles is 2. The maximum Gasteiger partial charge on any atom is 0.475 e. The molecule has 0 saturated carbocycles. The molecule has 8 nitrogen and oxygen atoms in total. The number of hydrogen-bond acceptors (Lipinski definition) is 7. The number of aromatic nitrogens is 1. The van der Waals surface area contributed by atoms with Gasteiger partial charge in [0.25, 0.3) is 0 Å². The lowest BCUT2D eigenvalue weighted by atomic mass is 9.76. The van der Waals surface area contributed by atoms with Crippen molar-refractivity contribution in [1.82, 2.24) is 10.3 Å². The van der Waals surface area contributed by atoms with Gasteiger partial charge in [0.2, 0.25) is 0 Å². The van der Waals surface area contributed by atoms with E-state index in [1.807, 2.05) is 67.6 Å². The number of hydrogen-bond donors (Lipinski definition) is 3. The van der Waals surface area contributed by atoms with Crippen LogP contribution in [-0.2, 0) is 24.0 Å². The summed E-state index contributed by atoms with van der Waals surface area (Å²) in [6, 6.07) is 25.0. The molecule has 0 saturated heterocycles. The number of nitrogens with zero attached hydrogens (tertiary/aromatic N) is 3. The Balaban J connectivity index is 1.54. The zero-order valence-corrected chi connectivity index (χ0v) is 21.3. The van der Waals surface area contributed by atoms with Crippen LogP contribution < -0.4 is 5.32 Å². The first kappa shape index (κ1) is 28.4. The fourth-order valence-electron chi connectivity index (χ4n) is 4.33.